The van der Waals surface area contributed by atoms with Crippen LogP contribution in [0.25, 0.3) is 11.0 Å². The summed E-state index contributed by atoms with van der Waals surface area (Å²) < 4.78 is 5.90. The van der Waals surface area contributed by atoms with Crippen LogP contribution in [-0.4, -0.2) is 13.1 Å². The minimum atomic E-state index is 0.141. The van der Waals surface area contributed by atoms with E-state index in [4.69, 9.17) is 4.42 Å². The minimum Gasteiger partial charge on any atom is -0.464 e. The Morgan fingerprint density at radius 3 is 2.67 bits per heavy atom. The lowest BCUT2D eigenvalue weighted by atomic mass is 9.86. The number of hydrogen-bond acceptors (Lipinski definition) is 2. The Hall–Kier alpha value is -1.28. The van der Waals surface area contributed by atoms with Crippen molar-refractivity contribution in [3.63, 3.8) is 0 Å². The molecule has 0 spiro atoms. The zero-order valence-electron chi connectivity index (χ0n) is 11.5. The highest BCUT2D eigenvalue weighted by Gasteiger charge is 2.22. The van der Waals surface area contributed by atoms with Crippen LogP contribution in [0.3, 0.4) is 0 Å². The summed E-state index contributed by atoms with van der Waals surface area (Å²) in [6.07, 6.45) is 4.13. The lowest BCUT2D eigenvalue weighted by Gasteiger charge is -2.16. The fourth-order valence-electron chi connectivity index (χ4n) is 2.85. The number of rotatable bonds is 0. The van der Waals surface area contributed by atoms with Crippen molar-refractivity contribution >= 4 is 11.0 Å². The van der Waals surface area contributed by atoms with Crippen molar-refractivity contribution in [3.05, 3.63) is 35.1 Å². The maximum atomic E-state index is 5.90. The van der Waals surface area contributed by atoms with Crippen molar-refractivity contribution in [3.8, 4) is 0 Å². The van der Waals surface area contributed by atoms with Gasteiger partial charge in [-0.1, -0.05) is 32.9 Å². The van der Waals surface area contributed by atoms with Gasteiger partial charge >= 0.3 is 0 Å². The largest absolute Gasteiger partial charge is 0.464 e. The first-order valence-electron chi connectivity index (χ1n) is 6.80. The molecule has 0 saturated heterocycles. The second-order valence-corrected chi connectivity index (χ2v) is 6.23. The lowest BCUT2D eigenvalue weighted by molar-refractivity contribution is 0.555. The van der Waals surface area contributed by atoms with Crippen LogP contribution in [-0.2, 0) is 18.3 Å². The number of benzene rings is 1. The van der Waals surface area contributed by atoms with Crippen LogP contribution < -0.4 is 5.32 Å². The lowest BCUT2D eigenvalue weighted by Crippen LogP contribution is -2.16. The first-order chi connectivity index (χ1) is 8.57. The quantitative estimate of drug-likeness (QED) is 0.767. The Balaban J connectivity index is 2.22. The fourth-order valence-corrected chi connectivity index (χ4v) is 2.85. The van der Waals surface area contributed by atoms with Gasteiger partial charge in [-0.15, -0.1) is 0 Å². The molecule has 0 aliphatic carbocycles. The molecule has 0 unspecified atom stereocenters. The zero-order valence-corrected chi connectivity index (χ0v) is 11.5. The molecule has 2 aromatic rings. The van der Waals surface area contributed by atoms with Crippen LogP contribution in [0.4, 0.5) is 0 Å². The van der Waals surface area contributed by atoms with E-state index in [0.717, 1.165) is 31.5 Å². The van der Waals surface area contributed by atoms with Gasteiger partial charge in [0.05, 0.1) is 6.26 Å². The number of nitrogens with one attached hydrogen (secondary N) is 1. The fraction of sp³-hybridized carbons (Fsp3) is 0.500. The molecule has 0 amide bonds. The molecule has 18 heavy (non-hydrogen) atoms. The molecule has 0 bridgehead atoms. The van der Waals surface area contributed by atoms with E-state index in [9.17, 15) is 0 Å². The Labute approximate surface area is 108 Å². The van der Waals surface area contributed by atoms with E-state index >= 15 is 0 Å². The van der Waals surface area contributed by atoms with Gasteiger partial charge in [0.15, 0.2) is 0 Å². The van der Waals surface area contributed by atoms with Crippen molar-refractivity contribution in [2.45, 2.75) is 39.0 Å². The summed E-state index contributed by atoms with van der Waals surface area (Å²) in [6, 6.07) is 4.53. The predicted octanol–water partition coefficient (Wildman–Crippen LogP) is 3.42. The van der Waals surface area contributed by atoms with Gasteiger partial charge in [0.25, 0.3) is 0 Å². The van der Waals surface area contributed by atoms with Crippen molar-refractivity contribution in [1.82, 2.24) is 5.32 Å². The van der Waals surface area contributed by atoms with Crippen LogP contribution in [0.2, 0.25) is 0 Å². The average Bonchev–Trinajstić information content (AvgIpc) is 2.60. The van der Waals surface area contributed by atoms with Gasteiger partial charge in [0, 0.05) is 10.9 Å². The molecule has 0 atom stereocenters. The van der Waals surface area contributed by atoms with Crippen LogP contribution >= 0.6 is 0 Å². The summed E-state index contributed by atoms with van der Waals surface area (Å²) in [5, 5.41) is 4.75. The molecule has 1 aromatic carbocycles. The molecular weight excluding hydrogens is 222 g/mol. The standard InChI is InChI=1S/C16H21NO/c1-16(2,3)14-10-18-15-12-7-9-17-8-6-11(12)4-5-13(14)15/h4-5,10,17H,6-9H2,1-3H3. The third kappa shape index (κ3) is 1.85. The van der Waals surface area contributed by atoms with Gasteiger partial charge in [0.2, 0.25) is 0 Å². The van der Waals surface area contributed by atoms with Crippen LogP contribution in [0.15, 0.2) is 22.8 Å². The van der Waals surface area contributed by atoms with Gasteiger partial charge in [-0.05, 0) is 42.5 Å². The molecule has 2 heteroatoms. The van der Waals surface area contributed by atoms with E-state index in [1.807, 2.05) is 6.26 Å². The van der Waals surface area contributed by atoms with Crippen molar-refractivity contribution in [2.75, 3.05) is 13.1 Å². The van der Waals surface area contributed by atoms with Gasteiger partial charge < -0.3 is 9.73 Å². The van der Waals surface area contributed by atoms with E-state index in [2.05, 4.69) is 38.2 Å². The van der Waals surface area contributed by atoms with Gasteiger partial charge in [-0.3, -0.25) is 0 Å². The molecule has 1 aliphatic heterocycles. The molecule has 2 heterocycles. The second kappa shape index (κ2) is 4.13. The summed E-state index contributed by atoms with van der Waals surface area (Å²) in [7, 11) is 0. The van der Waals surface area contributed by atoms with Crippen molar-refractivity contribution in [1.29, 1.82) is 0 Å². The van der Waals surface area contributed by atoms with Gasteiger partial charge in [-0.25, -0.2) is 0 Å². The smallest absolute Gasteiger partial charge is 0.137 e. The highest BCUT2D eigenvalue weighted by atomic mass is 16.3. The van der Waals surface area contributed by atoms with Crippen LogP contribution in [0, 0.1) is 0 Å². The Bertz CT molecular complexity index is 575. The SMILES string of the molecule is CC(C)(C)c1coc2c3c(ccc12)CCNCC3. The maximum Gasteiger partial charge on any atom is 0.137 e. The molecular formula is C16H21NO. The van der Waals surface area contributed by atoms with E-state index in [-0.39, 0.29) is 5.41 Å². The minimum absolute atomic E-state index is 0.141. The first kappa shape index (κ1) is 11.8. The normalized spacial score (nSPS) is 16.6. The molecule has 2 nitrogen and oxygen atoms in total. The topological polar surface area (TPSA) is 25.2 Å². The summed E-state index contributed by atoms with van der Waals surface area (Å²) in [5.41, 5.74) is 5.43. The van der Waals surface area contributed by atoms with E-state index in [1.54, 1.807) is 0 Å². The van der Waals surface area contributed by atoms with E-state index in [0.29, 0.717) is 0 Å². The van der Waals surface area contributed by atoms with Crippen LogP contribution in [0.5, 0.6) is 0 Å². The highest BCUT2D eigenvalue weighted by molar-refractivity contribution is 5.86. The summed E-state index contributed by atoms with van der Waals surface area (Å²) in [4.78, 5) is 0. The summed E-state index contributed by atoms with van der Waals surface area (Å²) in [5.74, 6) is 0. The molecule has 96 valence electrons. The first-order valence-corrected chi connectivity index (χ1v) is 6.80. The molecule has 3 rings (SSSR count). The van der Waals surface area contributed by atoms with Crippen LogP contribution in [0.1, 0.15) is 37.5 Å². The molecule has 1 aliphatic rings. The second-order valence-electron chi connectivity index (χ2n) is 6.23. The third-order valence-corrected chi connectivity index (χ3v) is 3.87. The molecule has 0 radical (unpaired) electrons. The van der Waals surface area contributed by atoms with E-state index in [1.165, 1.54) is 22.1 Å². The number of furan rings is 1. The third-order valence-electron chi connectivity index (χ3n) is 3.87. The zero-order chi connectivity index (χ0) is 12.8. The van der Waals surface area contributed by atoms with Gasteiger partial charge in [0.1, 0.15) is 5.58 Å². The molecule has 0 fully saturated rings. The predicted molar refractivity (Wildman–Crippen MR) is 75.2 cm³/mol. The van der Waals surface area contributed by atoms with Gasteiger partial charge in [-0.2, -0.15) is 0 Å². The molecule has 1 aromatic heterocycles. The van der Waals surface area contributed by atoms with E-state index < -0.39 is 0 Å². The van der Waals surface area contributed by atoms with Crippen molar-refractivity contribution < 1.29 is 4.42 Å². The summed E-state index contributed by atoms with van der Waals surface area (Å²) in [6.45, 7) is 8.85. The Morgan fingerprint density at radius 2 is 1.89 bits per heavy atom. The molecule has 0 saturated carbocycles. The average molecular weight is 243 g/mol. The highest BCUT2D eigenvalue weighted by Crippen LogP contribution is 2.34. The Kier molecular flexibility index (Phi) is 2.70. The summed E-state index contributed by atoms with van der Waals surface area (Å²) >= 11 is 0. The van der Waals surface area contributed by atoms with Crippen molar-refractivity contribution in [2.24, 2.45) is 0 Å². The molecule has 1 N–H and O–H groups in total. The number of fused-ring (bicyclic) bond motifs is 3. The number of hydrogen-bond donors (Lipinski definition) is 1. The monoisotopic (exact) mass is 243 g/mol. The Morgan fingerprint density at radius 1 is 1.11 bits per heavy atom. The maximum absolute atomic E-state index is 5.90.